The van der Waals surface area contributed by atoms with Gasteiger partial charge in [-0.05, 0) is 36.5 Å². The van der Waals surface area contributed by atoms with E-state index < -0.39 is 0 Å². The number of rotatable bonds is 6. The third-order valence-electron chi connectivity index (χ3n) is 3.85. The van der Waals surface area contributed by atoms with Crippen LogP contribution in [0.3, 0.4) is 0 Å². The van der Waals surface area contributed by atoms with Crippen LogP contribution in [0.2, 0.25) is 0 Å². The molecule has 2 aromatic rings. The van der Waals surface area contributed by atoms with Crippen LogP contribution >= 0.6 is 11.5 Å². The lowest BCUT2D eigenvalue weighted by Gasteiger charge is -2.21. The van der Waals surface area contributed by atoms with Gasteiger partial charge in [0.1, 0.15) is 12.3 Å². The molecule has 0 aromatic carbocycles. The molecule has 0 atom stereocenters. The molecule has 23 heavy (non-hydrogen) atoms. The first-order valence-corrected chi connectivity index (χ1v) is 8.44. The number of hydrogen-bond donors (Lipinski definition) is 1. The van der Waals surface area contributed by atoms with Crippen molar-refractivity contribution in [3.63, 3.8) is 0 Å². The van der Waals surface area contributed by atoms with Gasteiger partial charge >= 0.3 is 0 Å². The number of furan rings is 1. The van der Waals surface area contributed by atoms with E-state index >= 15 is 0 Å². The van der Waals surface area contributed by atoms with Crippen molar-refractivity contribution in [2.75, 3.05) is 6.54 Å². The highest BCUT2D eigenvalue weighted by molar-refractivity contribution is 7.03. The molecule has 0 unspecified atom stereocenters. The number of carbonyl (C=O) groups excluding carboxylic acids is 2. The molecule has 1 aliphatic rings. The number of nitrogens with one attached hydrogen (secondary N) is 1. The van der Waals surface area contributed by atoms with Crippen LogP contribution in [0.5, 0.6) is 0 Å². The smallest absolute Gasteiger partial charge is 0.276 e. The van der Waals surface area contributed by atoms with Crippen molar-refractivity contribution in [3.8, 4) is 0 Å². The minimum atomic E-state index is -0.322. The molecule has 2 heterocycles. The van der Waals surface area contributed by atoms with Crippen LogP contribution < -0.4 is 5.32 Å². The largest absolute Gasteiger partial charge is 0.467 e. The zero-order valence-electron chi connectivity index (χ0n) is 12.6. The topological polar surface area (TPSA) is 88.3 Å². The molecule has 0 bridgehead atoms. The Morgan fingerprint density at radius 2 is 2.22 bits per heavy atom. The van der Waals surface area contributed by atoms with E-state index in [1.807, 2.05) is 0 Å². The number of carbonyl (C=O) groups is 2. The maximum Gasteiger partial charge on any atom is 0.276 e. The Labute approximate surface area is 137 Å². The predicted octanol–water partition coefficient (Wildman–Crippen LogP) is 1.83. The van der Waals surface area contributed by atoms with E-state index in [-0.39, 0.29) is 36.6 Å². The third-order valence-corrected chi connectivity index (χ3v) is 4.35. The highest BCUT2D eigenvalue weighted by atomic mass is 32.1. The normalized spacial score (nSPS) is 14.8. The van der Waals surface area contributed by atoms with Gasteiger partial charge in [-0.1, -0.05) is 17.3 Å². The van der Waals surface area contributed by atoms with Crippen molar-refractivity contribution >= 4 is 23.3 Å². The molecule has 7 nitrogen and oxygen atoms in total. The van der Waals surface area contributed by atoms with E-state index in [0.29, 0.717) is 5.76 Å². The zero-order chi connectivity index (χ0) is 16.1. The molecule has 2 amide bonds. The van der Waals surface area contributed by atoms with Crippen LogP contribution in [0.25, 0.3) is 0 Å². The Kier molecular flexibility index (Phi) is 5.02. The summed E-state index contributed by atoms with van der Waals surface area (Å²) in [6, 6.07) is 3.75. The van der Waals surface area contributed by atoms with Crippen LogP contribution in [0.4, 0.5) is 0 Å². The maximum atomic E-state index is 12.5. The predicted molar refractivity (Wildman–Crippen MR) is 83.8 cm³/mol. The van der Waals surface area contributed by atoms with Crippen LogP contribution in [0, 0.1) is 0 Å². The summed E-state index contributed by atoms with van der Waals surface area (Å²) in [5.74, 6) is 0.145. The van der Waals surface area contributed by atoms with Gasteiger partial charge in [-0.3, -0.25) is 9.59 Å². The highest BCUT2D eigenvalue weighted by Gasteiger charge is 2.24. The molecule has 122 valence electrons. The van der Waals surface area contributed by atoms with Crippen LogP contribution in [-0.2, 0) is 11.3 Å². The number of nitrogens with zero attached hydrogens (tertiary/aromatic N) is 3. The van der Waals surface area contributed by atoms with Gasteiger partial charge in [-0.25, -0.2) is 0 Å². The fourth-order valence-corrected chi connectivity index (χ4v) is 3.16. The quantitative estimate of drug-likeness (QED) is 0.871. The van der Waals surface area contributed by atoms with Gasteiger partial charge in [-0.15, -0.1) is 5.10 Å². The highest BCUT2D eigenvalue weighted by Crippen LogP contribution is 2.17. The first kappa shape index (κ1) is 15.7. The lowest BCUT2D eigenvalue weighted by Crippen LogP contribution is -2.43. The fourth-order valence-electron chi connectivity index (χ4n) is 2.73. The molecule has 3 rings (SSSR count). The Morgan fingerprint density at radius 3 is 2.87 bits per heavy atom. The summed E-state index contributed by atoms with van der Waals surface area (Å²) in [6.45, 7) is 0.203. The first-order valence-electron chi connectivity index (χ1n) is 7.60. The molecule has 0 spiro atoms. The summed E-state index contributed by atoms with van der Waals surface area (Å²) >= 11 is 1.11. The molecule has 1 N–H and O–H groups in total. The number of amides is 2. The average Bonchev–Trinajstić information content (AvgIpc) is 3.29. The van der Waals surface area contributed by atoms with E-state index in [0.717, 1.165) is 37.2 Å². The molecule has 0 radical (unpaired) electrons. The van der Waals surface area contributed by atoms with Gasteiger partial charge in [0.15, 0.2) is 5.69 Å². The summed E-state index contributed by atoms with van der Waals surface area (Å²) in [5, 5.41) is 8.36. The van der Waals surface area contributed by atoms with Gasteiger partial charge in [0.25, 0.3) is 5.91 Å². The Morgan fingerprint density at radius 1 is 1.39 bits per heavy atom. The zero-order valence-corrected chi connectivity index (χ0v) is 13.4. The molecule has 0 saturated heterocycles. The van der Waals surface area contributed by atoms with Gasteiger partial charge in [-0.2, -0.15) is 0 Å². The van der Waals surface area contributed by atoms with Crippen LogP contribution in [0.1, 0.15) is 41.9 Å². The molecule has 1 fully saturated rings. The Balaban J connectivity index is 1.66. The van der Waals surface area contributed by atoms with Crippen molar-refractivity contribution in [1.82, 2.24) is 19.8 Å². The lowest BCUT2D eigenvalue weighted by atomic mass is 10.2. The van der Waals surface area contributed by atoms with Crippen molar-refractivity contribution in [3.05, 3.63) is 35.2 Å². The maximum absolute atomic E-state index is 12.5. The Hall–Kier alpha value is -2.22. The first-order chi connectivity index (χ1) is 11.2. The summed E-state index contributed by atoms with van der Waals surface area (Å²) in [7, 11) is 0. The second-order valence-corrected chi connectivity index (χ2v) is 6.19. The van der Waals surface area contributed by atoms with Gasteiger partial charge in [0.2, 0.25) is 5.91 Å². The average molecular weight is 334 g/mol. The van der Waals surface area contributed by atoms with Crippen molar-refractivity contribution in [2.45, 2.75) is 38.3 Å². The Bertz CT molecular complexity index is 636. The van der Waals surface area contributed by atoms with E-state index in [1.54, 1.807) is 23.8 Å². The van der Waals surface area contributed by atoms with E-state index in [2.05, 4.69) is 14.9 Å². The van der Waals surface area contributed by atoms with Crippen molar-refractivity contribution in [1.29, 1.82) is 0 Å². The molecular weight excluding hydrogens is 316 g/mol. The lowest BCUT2D eigenvalue weighted by molar-refractivity contribution is -0.122. The second kappa shape index (κ2) is 7.36. The summed E-state index contributed by atoms with van der Waals surface area (Å²) < 4.78 is 8.99. The van der Waals surface area contributed by atoms with Gasteiger partial charge < -0.3 is 14.6 Å². The fraction of sp³-hybridized carbons (Fsp3) is 0.467. The SMILES string of the molecule is O=C(CN(Cc1ccco1)C(=O)c1csnn1)NC1CCCC1. The van der Waals surface area contributed by atoms with Gasteiger partial charge in [0, 0.05) is 11.4 Å². The minimum absolute atomic E-state index is 0.0203. The number of aromatic nitrogens is 2. The molecule has 1 saturated carbocycles. The summed E-state index contributed by atoms with van der Waals surface area (Å²) in [6.07, 6.45) is 5.84. The second-order valence-electron chi connectivity index (χ2n) is 5.58. The standard InChI is InChI=1S/C15H18N4O3S/c20-14(16-11-4-1-2-5-11)9-19(8-12-6-3-7-22-12)15(21)13-10-23-18-17-13/h3,6-7,10-11H,1-2,4-5,8-9H2,(H,16,20). The molecular formula is C15H18N4O3S. The summed E-state index contributed by atoms with van der Waals surface area (Å²) in [4.78, 5) is 26.2. The summed E-state index contributed by atoms with van der Waals surface area (Å²) in [5.41, 5.74) is 0.246. The third kappa shape index (κ3) is 4.16. The number of hydrogen-bond acceptors (Lipinski definition) is 6. The molecule has 0 aliphatic heterocycles. The van der Waals surface area contributed by atoms with E-state index in [4.69, 9.17) is 4.42 Å². The molecule has 1 aliphatic carbocycles. The minimum Gasteiger partial charge on any atom is -0.467 e. The van der Waals surface area contributed by atoms with E-state index in [1.165, 1.54) is 4.90 Å². The van der Waals surface area contributed by atoms with Gasteiger partial charge in [0.05, 0.1) is 12.8 Å². The van der Waals surface area contributed by atoms with Crippen LogP contribution in [-0.4, -0.2) is 38.9 Å². The molecule has 8 heteroatoms. The van der Waals surface area contributed by atoms with Crippen molar-refractivity contribution in [2.24, 2.45) is 0 Å². The van der Waals surface area contributed by atoms with Crippen molar-refractivity contribution < 1.29 is 14.0 Å². The molecule has 2 aromatic heterocycles. The monoisotopic (exact) mass is 334 g/mol. The van der Waals surface area contributed by atoms with Crippen LogP contribution in [0.15, 0.2) is 28.2 Å². The van der Waals surface area contributed by atoms with E-state index in [9.17, 15) is 9.59 Å².